The van der Waals surface area contributed by atoms with Crippen molar-refractivity contribution in [3.8, 4) is 0 Å². The molecule has 0 amide bonds. The summed E-state index contributed by atoms with van der Waals surface area (Å²) in [7, 11) is 0. The largest absolute Gasteiger partial charge is 0.480 e. The van der Waals surface area contributed by atoms with Crippen molar-refractivity contribution in [2.75, 3.05) is 0 Å². The van der Waals surface area contributed by atoms with E-state index < -0.39 is 24.8 Å². The molecule has 0 aliphatic carbocycles. The van der Waals surface area contributed by atoms with Crippen LogP contribution in [-0.4, -0.2) is 20.6 Å². The number of hydrogen-bond acceptors (Lipinski definition) is 2. The zero-order chi connectivity index (χ0) is 13.4. The highest BCUT2D eigenvalue weighted by Crippen LogP contribution is 2.26. The number of carboxylic acid groups (broad SMARTS) is 1. The van der Waals surface area contributed by atoms with E-state index in [0.29, 0.717) is 11.0 Å². The number of rotatable bonds is 3. The third kappa shape index (κ3) is 2.05. The summed E-state index contributed by atoms with van der Waals surface area (Å²) in [6.07, 6.45) is -2.79. The molecule has 18 heavy (non-hydrogen) atoms. The van der Waals surface area contributed by atoms with Gasteiger partial charge in [0, 0.05) is 0 Å². The number of aromatic nitrogens is 2. The van der Waals surface area contributed by atoms with Crippen LogP contribution in [0.1, 0.15) is 23.4 Å². The first-order valence-corrected chi connectivity index (χ1v) is 5.37. The SMILES string of the molecule is Cc1cc2nc(C(F)F)n(CC(=O)O)c2cc1C. The highest BCUT2D eigenvalue weighted by molar-refractivity contribution is 5.80. The van der Waals surface area contributed by atoms with Gasteiger partial charge in [0.15, 0.2) is 5.82 Å². The summed E-state index contributed by atoms with van der Waals surface area (Å²) in [5.41, 5.74) is 2.67. The molecule has 1 aromatic heterocycles. The minimum Gasteiger partial charge on any atom is -0.480 e. The molecule has 2 rings (SSSR count). The number of fused-ring (bicyclic) bond motifs is 1. The fourth-order valence-corrected chi connectivity index (χ4v) is 1.87. The normalized spacial score (nSPS) is 11.4. The lowest BCUT2D eigenvalue weighted by molar-refractivity contribution is -0.137. The van der Waals surface area contributed by atoms with Crippen molar-refractivity contribution in [1.82, 2.24) is 9.55 Å². The molecule has 96 valence electrons. The van der Waals surface area contributed by atoms with Crippen molar-refractivity contribution in [2.45, 2.75) is 26.8 Å². The number of carbonyl (C=O) groups is 1. The van der Waals surface area contributed by atoms with Crippen LogP contribution in [0.15, 0.2) is 12.1 Å². The molecular formula is C12H12F2N2O2. The minimum atomic E-state index is -2.79. The molecule has 1 heterocycles. The first kappa shape index (κ1) is 12.5. The predicted molar refractivity (Wildman–Crippen MR) is 61.8 cm³/mol. The van der Waals surface area contributed by atoms with Crippen LogP contribution in [0.3, 0.4) is 0 Å². The fourth-order valence-electron chi connectivity index (χ4n) is 1.87. The van der Waals surface area contributed by atoms with E-state index in [-0.39, 0.29) is 0 Å². The smallest absolute Gasteiger partial charge is 0.323 e. The van der Waals surface area contributed by atoms with Crippen LogP contribution < -0.4 is 0 Å². The molecular weight excluding hydrogens is 242 g/mol. The first-order chi connectivity index (χ1) is 8.40. The molecule has 4 nitrogen and oxygen atoms in total. The maximum atomic E-state index is 12.8. The van der Waals surface area contributed by atoms with Crippen molar-refractivity contribution >= 4 is 17.0 Å². The number of carboxylic acids is 1. The van der Waals surface area contributed by atoms with E-state index in [2.05, 4.69) is 4.98 Å². The highest BCUT2D eigenvalue weighted by Gasteiger charge is 2.20. The third-order valence-corrected chi connectivity index (χ3v) is 2.88. The number of halogens is 2. The average Bonchev–Trinajstić information content (AvgIpc) is 2.57. The second kappa shape index (κ2) is 4.36. The van der Waals surface area contributed by atoms with E-state index in [4.69, 9.17) is 5.11 Å². The zero-order valence-electron chi connectivity index (χ0n) is 9.94. The third-order valence-electron chi connectivity index (χ3n) is 2.88. The van der Waals surface area contributed by atoms with Gasteiger partial charge in [0.1, 0.15) is 6.54 Å². The van der Waals surface area contributed by atoms with Crippen molar-refractivity contribution in [3.63, 3.8) is 0 Å². The van der Waals surface area contributed by atoms with Gasteiger partial charge in [0.25, 0.3) is 6.43 Å². The summed E-state index contributed by atoms with van der Waals surface area (Å²) in [6, 6.07) is 3.38. The summed E-state index contributed by atoms with van der Waals surface area (Å²) >= 11 is 0. The van der Waals surface area contributed by atoms with Crippen molar-refractivity contribution in [1.29, 1.82) is 0 Å². The van der Waals surface area contributed by atoms with Gasteiger partial charge in [0.2, 0.25) is 0 Å². The van der Waals surface area contributed by atoms with Crippen molar-refractivity contribution in [3.05, 3.63) is 29.1 Å². The fraction of sp³-hybridized carbons (Fsp3) is 0.333. The quantitative estimate of drug-likeness (QED) is 0.916. The lowest BCUT2D eigenvalue weighted by Gasteiger charge is -2.06. The van der Waals surface area contributed by atoms with E-state index >= 15 is 0 Å². The molecule has 2 aromatic rings. The number of aryl methyl sites for hydroxylation is 2. The Hall–Kier alpha value is -1.98. The molecule has 0 saturated carbocycles. The van der Waals surface area contributed by atoms with E-state index in [1.807, 2.05) is 13.8 Å². The van der Waals surface area contributed by atoms with Crippen LogP contribution in [0.25, 0.3) is 11.0 Å². The minimum absolute atomic E-state index is 0.398. The second-order valence-electron chi connectivity index (χ2n) is 4.18. The monoisotopic (exact) mass is 254 g/mol. The number of aliphatic carboxylic acids is 1. The number of nitrogens with zero attached hydrogens (tertiary/aromatic N) is 2. The van der Waals surface area contributed by atoms with Gasteiger partial charge in [-0.05, 0) is 37.1 Å². The van der Waals surface area contributed by atoms with Crippen LogP contribution in [0, 0.1) is 13.8 Å². The molecule has 0 aliphatic rings. The Kier molecular flexibility index (Phi) is 3.02. The van der Waals surface area contributed by atoms with Gasteiger partial charge in [-0.15, -0.1) is 0 Å². The van der Waals surface area contributed by atoms with Gasteiger partial charge < -0.3 is 9.67 Å². The van der Waals surface area contributed by atoms with Gasteiger partial charge in [-0.1, -0.05) is 0 Å². The summed E-state index contributed by atoms with van der Waals surface area (Å²) in [5.74, 6) is -1.67. The molecule has 0 saturated heterocycles. The molecule has 0 bridgehead atoms. The van der Waals surface area contributed by atoms with Crippen LogP contribution in [0.4, 0.5) is 8.78 Å². The van der Waals surface area contributed by atoms with Gasteiger partial charge in [-0.25, -0.2) is 13.8 Å². The van der Waals surface area contributed by atoms with Gasteiger partial charge in [-0.2, -0.15) is 0 Å². The maximum Gasteiger partial charge on any atom is 0.323 e. The molecule has 0 radical (unpaired) electrons. The summed E-state index contributed by atoms with van der Waals surface area (Å²) in [5, 5.41) is 8.78. The first-order valence-electron chi connectivity index (χ1n) is 5.37. The number of hydrogen-bond donors (Lipinski definition) is 1. The summed E-state index contributed by atoms with van der Waals surface area (Å²) in [4.78, 5) is 14.6. The number of alkyl halides is 2. The van der Waals surface area contributed by atoms with E-state index in [0.717, 1.165) is 15.7 Å². The number of imidazole rings is 1. The lowest BCUT2D eigenvalue weighted by atomic mass is 10.1. The van der Waals surface area contributed by atoms with E-state index in [9.17, 15) is 13.6 Å². The molecule has 1 aromatic carbocycles. The van der Waals surface area contributed by atoms with Crippen LogP contribution >= 0.6 is 0 Å². The van der Waals surface area contributed by atoms with E-state index in [1.54, 1.807) is 12.1 Å². The standard InChI is InChI=1S/C12H12F2N2O2/c1-6-3-8-9(4-7(6)2)16(5-10(17)18)12(15-8)11(13)14/h3-4,11H,5H2,1-2H3,(H,17,18). The molecule has 1 N–H and O–H groups in total. The van der Waals surface area contributed by atoms with Crippen LogP contribution in [-0.2, 0) is 11.3 Å². The Bertz CT molecular complexity index is 620. The zero-order valence-corrected chi connectivity index (χ0v) is 9.94. The molecule has 0 atom stereocenters. The van der Waals surface area contributed by atoms with Crippen LogP contribution in [0.5, 0.6) is 0 Å². The lowest BCUT2D eigenvalue weighted by Crippen LogP contribution is -2.12. The van der Waals surface area contributed by atoms with Crippen LogP contribution in [0.2, 0.25) is 0 Å². The summed E-state index contributed by atoms with van der Waals surface area (Å²) < 4.78 is 26.7. The van der Waals surface area contributed by atoms with Gasteiger partial charge >= 0.3 is 5.97 Å². The second-order valence-corrected chi connectivity index (χ2v) is 4.18. The maximum absolute atomic E-state index is 12.8. The molecule has 0 fully saturated rings. The molecule has 0 aliphatic heterocycles. The Labute approximate surface area is 102 Å². The Morgan fingerprint density at radius 3 is 2.56 bits per heavy atom. The molecule has 0 spiro atoms. The van der Waals surface area contributed by atoms with Gasteiger partial charge in [0.05, 0.1) is 11.0 Å². The molecule has 6 heteroatoms. The predicted octanol–water partition coefficient (Wildman–Crippen LogP) is 2.68. The summed E-state index contributed by atoms with van der Waals surface area (Å²) in [6.45, 7) is 3.18. The number of benzene rings is 1. The van der Waals surface area contributed by atoms with Crippen molar-refractivity contribution < 1.29 is 18.7 Å². The Morgan fingerprint density at radius 1 is 1.39 bits per heavy atom. The van der Waals surface area contributed by atoms with Crippen molar-refractivity contribution in [2.24, 2.45) is 0 Å². The topological polar surface area (TPSA) is 55.1 Å². The van der Waals surface area contributed by atoms with E-state index in [1.165, 1.54) is 0 Å². The molecule has 0 unspecified atom stereocenters. The average molecular weight is 254 g/mol. The highest BCUT2D eigenvalue weighted by atomic mass is 19.3. The van der Waals surface area contributed by atoms with Gasteiger partial charge in [-0.3, -0.25) is 4.79 Å². The Morgan fingerprint density at radius 2 is 2.00 bits per heavy atom. The Balaban J connectivity index is 2.72.